The highest BCUT2D eigenvalue weighted by Gasteiger charge is 2.30. The van der Waals surface area contributed by atoms with E-state index < -0.39 is 11.7 Å². The first-order valence-electron chi connectivity index (χ1n) is 4.97. The third-order valence-corrected chi connectivity index (χ3v) is 2.50. The van der Waals surface area contributed by atoms with Crippen LogP contribution in [0.15, 0.2) is 24.3 Å². The number of hydrogen-bond acceptors (Lipinski definition) is 1. The topological polar surface area (TPSA) is 12.0 Å². The van der Waals surface area contributed by atoms with E-state index in [1.165, 1.54) is 25.0 Å². The molecule has 0 saturated heterocycles. The van der Waals surface area contributed by atoms with Gasteiger partial charge in [0.1, 0.15) is 0 Å². The van der Waals surface area contributed by atoms with Crippen LogP contribution in [0.5, 0.6) is 0 Å². The van der Waals surface area contributed by atoms with Crippen LogP contribution in [0.25, 0.3) is 0 Å². The quantitative estimate of drug-likeness (QED) is 0.813. The molecule has 1 aliphatic carbocycles. The van der Waals surface area contributed by atoms with Crippen molar-refractivity contribution in [2.45, 2.75) is 19.0 Å². The molecule has 82 valence electrons. The van der Waals surface area contributed by atoms with Crippen LogP contribution in [-0.2, 0) is 6.18 Å². The van der Waals surface area contributed by atoms with Crippen LogP contribution >= 0.6 is 0 Å². The van der Waals surface area contributed by atoms with Crippen molar-refractivity contribution in [3.05, 3.63) is 29.8 Å². The van der Waals surface area contributed by atoms with E-state index >= 15 is 0 Å². The van der Waals surface area contributed by atoms with Gasteiger partial charge in [0.2, 0.25) is 0 Å². The summed E-state index contributed by atoms with van der Waals surface area (Å²) in [5, 5.41) is 3.12. The maximum atomic E-state index is 12.2. The predicted octanol–water partition coefficient (Wildman–Crippen LogP) is 3.53. The Morgan fingerprint density at radius 2 is 1.73 bits per heavy atom. The van der Waals surface area contributed by atoms with Gasteiger partial charge in [0, 0.05) is 12.2 Å². The molecule has 0 radical (unpaired) electrons. The lowest BCUT2D eigenvalue weighted by Crippen LogP contribution is -2.06. The summed E-state index contributed by atoms with van der Waals surface area (Å²) in [7, 11) is 0. The predicted molar refractivity (Wildman–Crippen MR) is 52.7 cm³/mol. The van der Waals surface area contributed by atoms with Gasteiger partial charge in [-0.05, 0) is 43.0 Å². The normalized spacial score (nSPS) is 16.5. The monoisotopic (exact) mass is 215 g/mol. The molecule has 1 aromatic rings. The highest BCUT2D eigenvalue weighted by Crippen LogP contribution is 2.31. The Kier molecular flexibility index (Phi) is 2.59. The molecule has 1 nitrogen and oxygen atoms in total. The summed E-state index contributed by atoms with van der Waals surface area (Å²) < 4.78 is 36.7. The maximum Gasteiger partial charge on any atom is 0.416 e. The maximum absolute atomic E-state index is 12.2. The van der Waals surface area contributed by atoms with Crippen LogP contribution in [0.1, 0.15) is 18.4 Å². The molecule has 1 aromatic carbocycles. The molecule has 0 bridgehead atoms. The van der Waals surface area contributed by atoms with Crippen molar-refractivity contribution >= 4 is 5.69 Å². The van der Waals surface area contributed by atoms with Crippen molar-refractivity contribution in [3.8, 4) is 0 Å². The molecule has 1 saturated carbocycles. The van der Waals surface area contributed by atoms with Gasteiger partial charge in [-0.1, -0.05) is 0 Å². The molecular formula is C11H12F3N. The number of nitrogens with one attached hydrogen (secondary N) is 1. The molecule has 1 fully saturated rings. The minimum absolute atomic E-state index is 0.598. The summed E-state index contributed by atoms with van der Waals surface area (Å²) in [5.74, 6) is 0.715. The minimum Gasteiger partial charge on any atom is -0.385 e. The third kappa shape index (κ3) is 2.88. The number of alkyl halides is 3. The summed E-state index contributed by atoms with van der Waals surface area (Å²) >= 11 is 0. The van der Waals surface area contributed by atoms with Crippen LogP contribution in [0.4, 0.5) is 18.9 Å². The highest BCUT2D eigenvalue weighted by atomic mass is 19.4. The number of benzene rings is 1. The van der Waals surface area contributed by atoms with E-state index in [2.05, 4.69) is 5.32 Å². The average Bonchev–Trinajstić information content (AvgIpc) is 2.97. The van der Waals surface area contributed by atoms with Crippen LogP contribution in [-0.4, -0.2) is 6.54 Å². The van der Waals surface area contributed by atoms with Crippen LogP contribution in [0, 0.1) is 5.92 Å². The van der Waals surface area contributed by atoms with Crippen molar-refractivity contribution < 1.29 is 13.2 Å². The summed E-state index contributed by atoms with van der Waals surface area (Å²) in [6.45, 7) is 0.866. The Labute approximate surface area is 86.3 Å². The highest BCUT2D eigenvalue weighted by molar-refractivity contribution is 5.45. The summed E-state index contributed by atoms with van der Waals surface area (Å²) in [6, 6.07) is 5.17. The van der Waals surface area contributed by atoms with Gasteiger partial charge in [0.15, 0.2) is 0 Å². The van der Waals surface area contributed by atoms with Gasteiger partial charge in [-0.2, -0.15) is 13.2 Å². The molecule has 0 spiro atoms. The molecule has 1 aliphatic rings. The van der Waals surface area contributed by atoms with Gasteiger partial charge in [-0.3, -0.25) is 0 Å². The van der Waals surface area contributed by atoms with Gasteiger partial charge < -0.3 is 5.32 Å². The fraction of sp³-hybridized carbons (Fsp3) is 0.455. The van der Waals surface area contributed by atoms with Gasteiger partial charge in [0.25, 0.3) is 0 Å². The second-order valence-electron chi connectivity index (χ2n) is 3.90. The summed E-state index contributed by atoms with van der Waals surface area (Å²) in [4.78, 5) is 0. The Morgan fingerprint density at radius 1 is 1.13 bits per heavy atom. The fourth-order valence-electron chi connectivity index (χ4n) is 1.36. The summed E-state index contributed by atoms with van der Waals surface area (Å²) in [6.07, 6.45) is -1.78. The molecule has 1 N–H and O–H groups in total. The smallest absolute Gasteiger partial charge is 0.385 e. The van der Waals surface area contributed by atoms with Crippen molar-refractivity contribution in [2.24, 2.45) is 5.92 Å². The fourth-order valence-corrected chi connectivity index (χ4v) is 1.36. The minimum atomic E-state index is -4.24. The van der Waals surface area contributed by atoms with E-state index in [1.807, 2.05) is 0 Å². The van der Waals surface area contributed by atoms with E-state index in [1.54, 1.807) is 0 Å². The van der Waals surface area contributed by atoms with E-state index in [0.29, 0.717) is 5.92 Å². The van der Waals surface area contributed by atoms with E-state index in [0.717, 1.165) is 24.4 Å². The van der Waals surface area contributed by atoms with E-state index in [9.17, 15) is 13.2 Å². The molecule has 0 aromatic heterocycles. The summed E-state index contributed by atoms with van der Waals surface area (Å²) in [5.41, 5.74) is 0.161. The first-order chi connectivity index (χ1) is 7.05. The van der Waals surface area contributed by atoms with Crippen LogP contribution in [0.3, 0.4) is 0 Å². The van der Waals surface area contributed by atoms with Crippen molar-refractivity contribution in [1.29, 1.82) is 0 Å². The van der Waals surface area contributed by atoms with Gasteiger partial charge >= 0.3 is 6.18 Å². The molecule has 2 rings (SSSR count). The van der Waals surface area contributed by atoms with Crippen LogP contribution in [0.2, 0.25) is 0 Å². The largest absolute Gasteiger partial charge is 0.416 e. The zero-order chi connectivity index (χ0) is 10.9. The molecule has 0 aliphatic heterocycles. The van der Waals surface area contributed by atoms with Crippen LogP contribution < -0.4 is 5.32 Å². The Hall–Kier alpha value is -1.19. The molecular weight excluding hydrogens is 203 g/mol. The number of anilines is 1. The van der Waals surface area contributed by atoms with Gasteiger partial charge in [-0.25, -0.2) is 0 Å². The molecule has 0 unspecified atom stereocenters. The first-order valence-corrected chi connectivity index (χ1v) is 4.97. The van der Waals surface area contributed by atoms with Crippen molar-refractivity contribution in [1.82, 2.24) is 0 Å². The number of halogens is 3. The van der Waals surface area contributed by atoms with Crippen molar-refractivity contribution in [2.75, 3.05) is 11.9 Å². The average molecular weight is 215 g/mol. The third-order valence-electron chi connectivity index (χ3n) is 2.50. The molecule has 15 heavy (non-hydrogen) atoms. The Balaban J connectivity index is 1.96. The SMILES string of the molecule is FC(F)(F)c1ccc(NCC2CC2)cc1. The second kappa shape index (κ2) is 3.76. The Morgan fingerprint density at radius 3 is 2.20 bits per heavy atom. The molecule has 0 heterocycles. The van der Waals surface area contributed by atoms with Gasteiger partial charge in [0.05, 0.1) is 5.56 Å². The van der Waals surface area contributed by atoms with E-state index in [4.69, 9.17) is 0 Å². The molecule has 0 atom stereocenters. The second-order valence-corrected chi connectivity index (χ2v) is 3.90. The lowest BCUT2D eigenvalue weighted by Gasteiger charge is -2.08. The number of rotatable bonds is 3. The molecule has 4 heteroatoms. The Bertz CT molecular complexity index is 325. The lowest BCUT2D eigenvalue weighted by molar-refractivity contribution is -0.137. The zero-order valence-electron chi connectivity index (χ0n) is 8.14. The lowest BCUT2D eigenvalue weighted by atomic mass is 10.2. The molecule has 0 amide bonds. The number of hydrogen-bond donors (Lipinski definition) is 1. The standard InChI is InChI=1S/C11H12F3N/c12-11(13,14)9-3-5-10(6-4-9)15-7-8-1-2-8/h3-6,8,15H,1-2,7H2. The van der Waals surface area contributed by atoms with Crippen molar-refractivity contribution in [3.63, 3.8) is 0 Å². The van der Waals surface area contributed by atoms with Gasteiger partial charge in [-0.15, -0.1) is 0 Å². The van der Waals surface area contributed by atoms with E-state index in [-0.39, 0.29) is 0 Å². The first kappa shape index (κ1) is 10.3. The zero-order valence-corrected chi connectivity index (χ0v) is 8.14.